The molecular formula is C39H23N3S2. The minimum Gasteiger partial charge on any atom is -0.208 e. The first kappa shape index (κ1) is 25.3. The number of thiophene rings is 2. The second kappa shape index (κ2) is 10.2. The Bertz CT molecular complexity index is 2360. The molecule has 0 N–H and O–H groups in total. The Kier molecular flexibility index (Phi) is 5.86. The molecule has 9 rings (SSSR count). The highest BCUT2D eigenvalue weighted by Crippen LogP contribution is 2.38. The third kappa shape index (κ3) is 4.29. The van der Waals surface area contributed by atoms with Crippen LogP contribution < -0.4 is 0 Å². The molecule has 0 atom stereocenters. The number of nitrogens with zero attached hydrogens (tertiary/aromatic N) is 3. The molecule has 0 aliphatic carbocycles. The maximum absolute atomic E-state index is 5.07. The summed E-state index contributed by atoms with van der Waals surface area (Å²) in [5.41, 5.74) is 5.27. The fourth-order valence-electron chi connectivity index (χ4n) is 5.94. The topological polar surface area (TPSA) is 38.7 Å². The second-order valence-electron chi connectivity index (χ2n) is 10.9. The van der Waals surface area contributed by atoms with Gasteiger partial charge in [-0.1, -0.05) is 115 Å². The van der Waals surface area contributed by atoms with Crippen molar-refractivity contribution in [2.45, 2.75) is 0 Å². The summed E-state index contributed by atoms with van der Waals surface area (Å²) in [6, 6.07) is 49.2. The van der Waals surface area contributed by atoms with Gasteiger partial charge >= 0.3 is 0 Å². The summed E-state index contributed by atoms with van der Waals surface area (Å²) >= 11 is 3.61. The third-order valence-electron chi connectivity index (χ3n) is 8.16. The van der Waals surface area contributed by atoms with Crippen LogP contribution in [0.1, 0.15) is 0 Å². The van der Waals surface area contributed by atoms with Gasteiger partial charge in [-0.2, -0.15) is 0 Å². The minimum atomic E-state index is 0.664. The van der Waals surface area contributed by atoms with Crippen molar-refractivity contribution < 1.29 is 0 Å². The van der Waals surface area contributed by atoms with Crippen LogP contribution in [0, 0.1) is 0 Å². The molecule has 0 radical (unpaired) electrons. The molecule has 0 saturated heterocycles. The summed E-state index contributed by atoms with van der Waals surface area (Å²) in [6.45, 7) is 0. The Morgan fingerprint density at radius 2 is 0.682 bits per heavy atom. The van der Waals surface area contributed by atoms with Gasteiger partial charge in [0.2, 0.25) is 0 Å². The molecule has 0 saturated carbocycles. The molecule has 44 heavy (non-hydrogen) atoms. The van der Waals surface area contributed by atoms with Gasteiger partial charge in [-0.3, -0.25) is 0 Å². The molecule has 3 heterocycles. The average molecular weight is 598 g/mol. The number of benzene rings is 6. The highest BCUT2D eigenvalue weighted by molar-refractivity contribution is 7.26. The molecule has 6 aromatic carbocycles. The van der Waals surface area contributed by atoms with Crippen LogP contribution in [0.3, 0.4) is 0 Å². The van der Waals surface area contributed by atoms with E-state index in [1.165, 1.54) is 45.9 Å². The summed E-state index contributed by atoms with van der Waals surface area (Å²) in [4.78, 5) is 15.2. The van der Waals surface area contributed by atoms with E-state index in [-0.39, 0.29) is 0 Å². The fourth-order valence-corrected chi connectivity index (χ4v) is 8.23. The lowest BCUT2D eigenvalue weighted by Crippen LogP contribution is -2.00. The lowest BCUT2D eigenvalue weighted by atomic mass is 10.0. The first-order valence-corrected chi connectivity index (χ1v) is 16.2. The van der Waals surface area contributed by atoms with Gasteiger partial charge in [-0.15, -0.1) is 22.7 Å². The predicted octanol–water partition coefficient (Wildman–Crippen LogP) is 11.3. The normalized spacial score (nSPS) is 11.6. The largest absolute Gasteiger partial charge is 0.208 e. The molecule has 0 aliphatic rings. The van der Waals surface area contributed by atoms with Crippen LogP contribution in [0.25, 0.3) is 85.6 Å². The van der Waals surface area contributed by atoms with Gasteiger partial charge in [0.15, 0.2) is 17.5 Å². The fraction of sp³-hybridized carbons (Fsp3) is 0. The van der Waals surface area contributed by atoms with E-state index in [9.17, 15) is 0 Å². The quantitative estimate of drug-likeness (QED) is 0.203. The first-order chi connectivity index (χ1) is 21.8. The van der Waals surface area contributed by atoms with Crippen LogP contribution in [0.4, 0.5) is 0 Å². The van der Waals surface area contributed by atoms with Gasteiger partial charge in [-0.25, -0.2) is 15.0 Å². The van der Waals surface area contributed by atoms with Crippen LogP contribution in [-0.4, -0.2) is 15.0 Å². The van der Waals surface area contributed by atoms with Gasteiger partial charge in [-0.05, 0) is 35.4 Å². The summed E-state index contributed by atoms with van der Waals surface area (Å²) in [7, 11) is 0. The number of fused-ring (bicyclic) bond motifs is 6. The number of rotatable bonds is 4. The van der Waals surface area contributed by atoms with Crippen molar-refractivity contribution in [1.29, 1.82) is 0 Å². The minimum absolute atomic E-state index is 0.664. The maximum atomic E-state index is 5.07. The zero-order chi connectivity index (χ0) is 29.0. The molecule has 0 fully saturated rings. The Labute approximate surface area is 261 Å². The molecule has 206 valence electrons. The lowest BCUT2D eigenvalue weighted by molar-refractivity contribution is 1.08. The number of aromatic nitrogens is 3. The van der Waals surface area contributed by atoms with Gasteiger partial charge in [0.1, 0.15) is 0 Å². The van der Waals surface area contributed by atoms with E-state index < -0.39 is 0 Å². The molecular weight excluding hydrogens is 575 g/mol. The standard InChI is InChI=1S/C39H23N3S2/c1-2-8-24(9-3-1)25-14-16-26(17-15-25)37-40-38(27-18-20-31-29-10-4-6-12-33(29)43-35(31)22-27)42-39(41-37)28-19-21-32-30-11-5-7-13-34(30)44-36(32)23-28/h1-23H. The van der Waals surface area contributed by atoms with E-state index in [0.717, 1.165) is 22.3 Å². The first-order valence-electron chi connectivity index (χ1n) is 14.5. The Balaban J connectivity index is 1.21. The summed E-state index contributed by atoms with van der Waals surface area (Å²) in [5, 5.41) is 5.09. The molecule has 9 aromatic rings. The zero-order valence-electron chi connectivity index (χ0n) is 23.4. The smallest absolute Gasteiger partial charge is 0.164 e. The molecule has 0 amide bonds. The van der Waals surface area contributed by atoms with Crippen molar-refractivity contribution >= 4 is 63.0 Å². The van der Waals surface area contributed by atoms with Crippen molar-refractivity contribution in [3.05, 3.63) is 140 Å². The van der Waals surface area contributed by atoms with Gasteiger partial charge < -0.3 is 0 Å². The van der Waals surface area contributed by atoms with E-state index in [4.69, 9.17) is 15.0 Å². The van der Waals surface area contributed by atoms with Crippen molar-refractivity contribution in [3.63, 3.8) is 0 Å². The average Bonchev–Trinajstić information content (AvgIpc) is 3.66. The summed E-state index contributed by atoms with van der Waals surface area (Å²) < 4.78 is 5.02. The lowest BCUT2D eigenvalue weighted by Gasteiger charge is -2.09. The van der Waals surface area contributed by atoms with E-state index >= 15 is 0 Å². The Morgan fingerprint density at radius 3 is 1.23 bits per heavy atom. The van der Waals surface area contributed by atoms with Crippen molar-refractivity contribution in [3.8, 4) is 45.3 Å². The molecule has 0 spiro atoms. The molecule has 3 aromatic heterocycles. The Morgan fingerprint density at radius 1 is 0.295 bits per heavy atom. The van der Waals surface area contributed by atoms with E-state index in [2.05, 4.69) is 133 Å². The van der Waals surface area contributed by atoms with Gasteiger partial charge in [0.25, 0.3) is 0 Å². The van der Waals surface area contributed by atoms with Crippen LogP contribution in [0.5, 0.6) is 0 Å². The molecule has 0 unspecified atom stereocenters. The SMILES string of the molecule is c1ccc(-c2ccc(-c3nc(-c4ccc5c(c4)sc4ccccc45)nc(-c4ccc5c(c4)sc4ccccc45)n3)cc2)cc1. The maximum Gasteiger partial charge on any atom is 0.164 e. The Hall–Kier alpha value is -5.23. The summed E-state index contributed by atoms with van der Waals surface area (Å²) in [6.07, 6.45) is 0. The van der Waals surface area contributed by atoms with Crippen LogP contribution in [-0.2, 0) is 0 Å². The van der Waals surface area contributed by atoms with Crippen LogP contribution in [0.15, 0.2) is 140 Å². The van der Waals surface area contributed by atoms with E-state index in [1.54, 1.807) is 22.7 Å². The second-order valence-corrected chi connectivity index (χ2v) is 13.0. The van der Waals surface area contributed by atoms with E-state index in [1.807, 2.05) is 6.07 Å². The van der Waals surface area contributed by atoms with Crippen molar-refractivity contribution in [2.75, 3.05) is 0 Å². The third-order valence-corrected chi connectivity index (χ3v) is 10.4. The molecule has 0 bridgehead atoms. The monoisotopic (exact) mass is 597 g/mol. The molecule has 3 nitrogen and oxygen atoms in total. The number of hydrogen-bond acceptors (Lipinski definition) is 5. The van der Waals surface area contributed by atoms with Crippen LogP contribution >= 0.6 is 22.7 Å². The zero-order valence-corrected chi connectivity index (χ0v) is 25.1. The van der Waals surface area contributed by atoms with Gasteiger partial charge in [0, 0.05) is 57.0 Å². The van der Waals surface area contributed by atoms with Crippen molar-refractivity contribution in [2.24, 2.45) is 0 Å². The van der Waals surface area contributed by atoms with Crippen molar-refractivity contribution in [1.82, 2.24) is 15.0 Å². The highest BCUT2D eigenvalue weighted by Gasteiger charge is 2.15. The van der Waals surface area contributed by atoms with Crippen LogP contribution in [0.2, 0.25) is 0 Å². The number of hydrogen-bond donors (Lipinski definition) is 0. The van der Waals surface area contributed by atoms with Gasteiger partial charge in [0.05, 0.1) is 0 Å². The summed E-state index contributed by atoms with van der Waals surface area (Å²) in [5.74, 6) is 2.01. The highest BCUT2D eigenvalue weighted by atomic mass is 32.1. The van der Waals surface area contributed by atoms with E-state index in [0.29, 0.717) is 17.5 Å². The molecule has 5 heteroatoms. The predicted molar refractivity (Wildman–Crippen MR) is 187 cm³/mol. The molecule has 0 aliphatic heterocycles.